The molecule has 1 fully saturated rings. The summed E-state index contributed by atoms with van der Waals surface area (Å²) in [6.45, 7) is 6.82. The van der Waals surface area contributed by atoms with Crippen molar-refractivity contribution >= 4 is 11.9 Å². The molecule has 6 heteroatoms. The summed E-state index contributed by atoms with van der Waals surface area (Å²) in [6.07, 6.45) is 3.15. The minimum atomic E-state index is -0.489. The Bertz CT molecular complexity index is 499. The number of hydrogen-bond donors (Lipinski definition) is 2. The van der Waals surface area contributed by atoms with Gasteiger partial charge in [0.1, 0.15) is 5.60 Å². The number of amides is 1. The summed E-state index contributed by atoms with van der Waals surface area (Å²) in [5.41, 5.74) is -0.489. The molecule has 0 aliphatic carbocycles. The van der Waals surface area contributed by atoms with E-state index in [2.05, 4.69) is 10.3 Å². The van der Waals surface area contributed by atoms with Gasteiger partial charge in [0.25, 0.3) is 0 Å². The Hall–Kier alpha value is -1.98. The van der Waals surface area contributed by atoms with Crippen molar-refractivity contribution in [3.05, 3.63) is 18.3 Å². The van der Waals surface area contributed by atoms with Gasteiger partial charge in [-0.25, -0.2) is 9.78 Å². The molecule has 2 rings (SSSR count). The summed E-state index contributed by atoms with van der Waals surface area (Å²) in [4.78, 5) is 17.9. The van der Waals surface area contributed by atoms with Crippen molar-refractivity contribution in [3.8, 4) is 5.75 Å². The van der Waals surface area contributed by atoms with Crippen LogP contribution in [0.2, 0.25) is 0 Å². The van der Waals surface area contributed by atoms with Gasteiger partial charge in [-0.15, -0.1) is 0 Å². The van der Waals surface area contributed by atoms with Gasteiger partial charge in [-0.05, 0) is 45.7 Å². The number of nitrogens with zero attached hydrogens (tertiary/aromatic N) is 2. The predicted molar refractivity (Wildman–Crippen MR) is 80.4 cm³/mol. The first-order chi connectivity index (χ1) is 9.85. The third-order valence-electron chi connectivity index (χ3n) is 3.20. The number of aromatic nitrogens is 1. The molecule has 1 aromatic heterocycles. The summed E-state index contributed by atoms with van der Waals surface area (Å²) in [6, 6.07) is 3.32. The average molecular weight is 293 g/mol. The number of carbonyl (C=O) groups is 1. The molecule has 21 heavy (non-hydrogen) atoms. The standard InChI is InChI=1S/C15H23N3O3/c1-15(2,3)21-14(20)18-9-5-6-11(10-18)17-13-12(19)7-4-8-16-13/h4,7-8,11,19H,5-6,9-10H2,1-3H3,(H,16,17)/t11-/m0/s1. The maximum Gasteiger partial charge on any atom is 0.410 e. The van der Waals surface area contributed by atoms with E-state index in [0.29, 0.717) is 18.9 Å². The van der Waals surface area contributed by atoms with Crippen molar-refractivity contribution in [2.45, 2.75) is 45.3 Å². The third-order valence-corrected chi connectivity index (χ3v) is 3.20. The van der Waals surface area contributed by atoms with Crippen molar-refractivity contribution in [1.82, 2.24) is 9.88 Å². The molecule has 1 aliphatic rings. The first-order valence-corrected chi connectivity index (χ1v) is 7.23. The lowest BCUT2D eigenvalue weighted by Gasteiger charge is -2.34. The van der Waals surface area contributed by atoms with Crippen molar-refractivity contribution in [3.63, 3.8) is 0 Å². The normalized spacial score (nSPS) is 19.2. The molecule has 0 unspecified atom stereocenters. The highest BCUT2D eigenvalue weighted by Gasteiger charge is 2.27. The first kappa shape index (κ1) is 15.4. The van der Waals surface area contributed by atoms with Gasteiger partial charge in [0.2, 0.25) is 0 Å². The maximum atomic E-state index is 12.1. The third kappa shape index (κ3) is 4.51. The van der Waals surface area contributed by atoms with Crippen molar-refractivity contribution in [2.24, 2.45) is 0 Å². The van der Waals surface area contributed by atoms with Gasteiger partial charge in [-0.2, -0.15) is 0 Å². The molecular formula is C15H23N3O3. The van der Waals surface area contributed by atoms with Crippen LogP contribution in [0, 0.1) is 0 Å². The number of carbonyl (C=O) groups excluding carboxylic acids is 1. The smallest absolute Gasteiger partial charge is 0.410 e. The van der Waals surface area contributed by atoms with Crippen LogP contribution in [0.1, 0.15) is 33.6 Å². The molecule has 0 bridgehead atoms. The number of pyridine rings is 1. The quantitative estimate of drug-likeness (QED) is 0.876. The zero-order chi connectivity index (χ0) is 15.5. The molecule has 6 nitrogen and oxygen atoms in total. The molecule has 0 aromatic carbocycles. The number of hydrogen-bond acceptors (Lipinski definition) is 5. The molecule has 1 amide bonds. The first-order valence-electron chi connectivity index (χ1n) is 7.23. The van der Waals surface area contributed by atoms with Crippen LogP contribution in [0.25, 0.3) is 0 Å². The van der Waals surface area contributed by atoms with Crippen LogP contribution in [0.5, 0.6) is 5.75 Å². The number of nitrogens with one attached hydrogen (secondary N) is 1. The maximum absolute atomic E-state index is 12.1. The van der Waals surface area contributed by atoms with E-state index >= 15 is 0 Å². The number of anilines is 1. The molecule has 0 radical (unpaired) electrons. The van der Waals surface area contributed by atoms with E-state index in [1.54, 1.807) is 23.2 Å². The monoisotopic (exact) mass is 293 g/mol. The number of ether oxygens (including phenoxy) is 1. The van der Waals surface area contributed by atoms with Crippen LogP contribution in [0.4, 0.5) is 10.6 Å². The molecule has 116 valence electrons. The molecule has 0 spiro atoms. The fraction of sp³-hybridized carbons (Fsp3) is 0.600. The minimum Gasteiger partial charge on any atom is -0.504 e. The van der Waals surface area contributed by atoms with E-state index in [4.69, 9.17) is 4.74 Å². The second-order valence-electron chi connectivity index (χ2n) is 6.28. The lowest BCUT2D eigenvalue weighted by Crippen LogP contribution is -2.47. The zero-order valence-electron chi connectivity index (χ0n) is 12.8. The Morgan fingerprint density at radius 1 is 1.52 bits per heavy atom. The van der Waals surface area contributed by atoms with Crippen LogP contribution < -0.4 is 5.32 Å². The average Bonchev–Trinajstić information content (AvgIpc) is 2.40. The van der Waals surface area contributed by atoms with Gasteiger partial charge in [-0.1, -0.05) is 0 Å². The van der Waals surface area contributed by atoms with Crippen LogP contribution >= 0.6 is 0 Å². The molecule has 1 saturated heterocycles. The van der Waals surface area contributed by atoms with E-state index in [0.717, 1.165) is 12.8 Å². The minimum absolute atomic E-state index is 0.0621. The van der Waals surface area contributed by atoms with Crippen molar-refractivity contribution in [2.75, 3.05) is 18.4 Å². The van der Waals surface area contributed by atoms with Crippen molar-refractivity contribution in [1.29, 1.82) is 0 Å². The number of piperidine rings is 1. The summed E-state index contributed by atoms with van der Waals surface area (Å²) < 4.78 is 5.39. The Morgan fingerprint density at radius 2 is 2.29 bits per heavy atom. The molecule has 2 heterocycles. The molecule has 0 saturated carbocycles. The van der Waals surface area contributed by atoms with E-state index in [1.807, 2.05) is 20.8 Å². The summed E-state index contributed by atoms with van der Waals surface area (Å²) in [5.74, 6) is 0.570. The highest BCUT2D eigenvalue weighted by Crippen LogP contribution is 2.22. The second kappa shape index (κ2) is 6.20. The van der Waals surface area contributed by atoms with Gasteiger partial charge in [0.15, 0.2) is 11.6 Å². The largest absolute Gasteiger partial charge is 0.504 e. The van der Waals surface area contributed by atoms with Crippen LogP contribution in [-0.4, -0.2) is 45.8 Å². The molecule has 2 N–H and O–H groups in total. The summed E-state index contributed by atoms with van der Waals surface area (Å²) in [5, 5.41) is 12.9. The Morgan fingerprint density at radius 3 is 2.95 bits per heavy atom. The molecule has 1 aliphatic heterocycles. The Kier molecular flexibility index (Phi) is 4.55. The molecule has 1 aromatic rings. The van der Waals surface area contributed by atoms with E-state index in [9.17, 15) is 9.90 Å². The van der Waals surface area contributed by atoms with E-state index in [-0.39, 0.29) is 17.9 Å². The number of rotatable bonds is 2. The fourth-order valence-electron chi connectivity index (χ4n) is 2.29. The van der Waals surface area contributed by atoms with E-state index in [1.165, 1.54) is 0 Å². The molecule has 1 atom stereocenters. The van der Waals surface area contributed by atoms with Crippen LogP contribution in [0.3, 0.4) is 0 Å². The zero-order valence-corrected chi connectivity index (χ0v) is 12.8. The summed E-state index contributed by atoms with van der Waals surface area (Å²) in [7, 11) is 0. The second-order valence-corrected chi connectivity index (χ2v) is 6.28. The van der Waals surface area contributed by atoms with Gasteiger partial charge in [-0.3, -0.25) is 0 Å². The Balaban J connectivity index is 1.95. The Labute approximate surface area is 125 Å². The summed E-state index contributed by atoms with van der Waals surface area (Å²) >= 11 is 0. The predicted octanol–water partition coefficient (Wildman–Crippen LogP) is 2.60. The van der Waals surface area contributed by atoms with Gasteiger partial charge < -0.3 is 20.1 Å². The highest BCUT2D eigenvalue weighted by atomic mass is 16.6. The van der Waals surface area contributed by atoms with E-state index < -0.39 is 5.60 Å². The fourth-order valence-corrected chi connectivity index (χ4v) is 2.29. The number of likely N-dealkylation sites (tertiary alicyclic amines) is 1. The lowest BCUT2D eigenvalue weighted by molar-refractivity contribution is 0.0206. The molecular weight excluding hydrogens is 270 g/mol. The highest BCUT2D eigenvalue weighted by molar-refractivity contribution is 5.68. The van der Waals surface area contributed by atoms with Gasteiger partial charge in [0.05, 0.1) is 0 Å². The van der Waals surface area contributed by atoms with Gasteiger partial charge in [0, 0.05) is 25.3 Å². The van der Waals surface area contributed by atoms with Crippen molar-refractivity contribution < 1.29 is 14.6 Å². The SMILES string of the molecule is CC(C)(C)OC(=O)N1CCC[C@H](Nc2ncccc2O)C1. The topological polar surface area (TPSA) is 74.7 Å². The van der Waals surface area contributed by atoms with Crippen LogP contribution in [0.15, 0.2) is 18.3 Å². The number of aromatic hydroxyl groups is 1. The lowest BCUT2D eigenvalue weighted by atomic mass is 10.1. The van der Waals surface area contributed by atoms with Gasteiger partial charge >= 0.3 is 6.09 Å². The van der Waals surface area contributed by atoms with Crippen LogP contribution in [-0.2, 0) is 4.74 Å².